The molecule has 2 aromatic heterocycles. The first-order valence-electron chi connectivity index (χ1n) is 5.76. The summed E-state index contributed by atoms with van der Waals surface area (Å²) in [6, 6.07) is 1.60. The molecule has 0 bridgehead atoms. The van der Waals surface area contributed by atoms with Gasteiger partial charge in [-0.25, -0.2) is 18.1 Å². The van der Waals surface area contributed by atoms with E-state index in [1.807, 2.05) is 6.92 Å². The number of hydrogen-bond donors (Lipinski definition) is 2. The highest BCUT2D eigenvalue weighted by Gasteiger charge is 2.16. The molecule has 0 atom stereocenters. The predicted octanol–water partition coefficient (Wildman–Crippen LogP) is 1.70. The fraction of sp³-hybridized carbons (Fsp3) is 0.364. The van der Waals surface area contributed by atoms with Crippen molar-refractivity contribution >= 4 is 32.7 Å². The molecular weight excluding hydrogens is 302 g/mol. The molecule has 0 fully saturated rings. The van der Waals surface area contributed by atoms with Gasteiger partial charge in [-0.3, -0.25) is 0 Å². The van der Waals surface area contributed by atoms with Crippen LogP contribution in [-0.2, 0) is 29.5 Å². The summed E-state index contributed by atoms with van der Waals surface area (Å²) in [5.74, 6) is 0. The monoisotopic (exact) mass is 317 g/mol. The van der Waals surface area contributed by atoms with E-state index in [-0.39, 0.29) is 6.54 Å². The fourth-order valence-electron chi connectivity index (χ4n) is 1.42. The number of sulfonamides is 1. The molecule has 0 amide bonds. The third-order valence-electron chi connectivity index (χ3n) is 2.49. The SMILES string of the molecule is CCc1cnc(CNS(=O)(=O)c2cc(CN)cs2)s1. The van der Waals surface area contributed by atoms with Gasteiger partial charge in [-0.1, -0.05) is 6.92 Å². The largest absolute Gasteiger partial charge is 0.326 e. The maximum atomic E-state index is 12.0. The van der Waals surface area contributed by atoms with Crippen LogP contribution in [0.15, 0.2) is 21.9 Å². The Labute approximate surface area is 120 Å². The summed E-state index contributed by atoms with van der Waals surface area (Å²) in [6.07, 6.45) is 2.70. The third-order valence-corrected chi connectivity index (χ3v) is 6.52. The molecule has 0 spiro atoms. The Hall–Kier alpha value is -0.800. The van der Waals surface area contributed by atoms with Gasteiger partial charge < -0.3 is 5.73 Å². The van der Waals surface area contributed by atoms with Crippen molar-refractivity contribution in [1.29, 1.82) is 0 Å². The standard InChI is InChI=1S/C11H15N3O2S3/c1-2-9-5-13-10(18-9)6-14-19(15,16)11-3-8(4-12)7-17-11/h3,5,7,14H,2,4,6,12H2,1H3. The van der Waals surface area contributed by atoms with E-state index in [2.05, 4.69) is 9.71 Å². The quantitative estimate of drug-likeness (QED) is 0.849. The Morgan fingerprint density at radius 3 is 2.84 bits per heavy atom. The maximum Gasteiger partial charge on any atom is 0.250 e. The first-order valence-corrected chi connectivity index (χ1v) is 8.94. The van der Waals surface area contributed by atoms with Crippen LogP contribution < -0.4 is 10.5 Å². The van der Waals surface area contributed by atoms with E-state index in [4.69, 9.17) is 5.73 Å². The summed E-state index contributed by atoms with van der Waals surface area (Å²) in [6.45, 7) is 2.61. The van der Waals surface area contributed by atoms with E-state index in [0.29, 0.717) is 10.8 Å². The molecule has 0 aliphatic carbocycles. The zero-order valence-electron chi connectivity index (χ0n) is 10.4. The summed E-state index contributed by atoms with van der Waals surface area (Å²) in [5.41, 5.74) is 6.30. The zero-order valence-corrected chi connectivity index (χ0v) is 12.9. The zero-order chi connectivity index (χ0) is 13.9. The normalized spacial score (nSPS) is 11.9. The number of nitrogens with one attached hydrogen (secondary N) is 1. The van der Waals surface area contributed by atoms with Crippen LogP contribution in [-0.4, -0.2) is 13.4 Å². The summed E-state index contributed by atoms with van der Waals surface area (Å²) in [4.78, 5) is 5.33. The van der Waals surface area contributed by atoms with Crippen molar-refractivity contribution in [2.45, 2.75) is 30.6 Å². The molecule has 2 heterocycles. The maximum absolute atomic E-state index is 12.0. The lowest BCUT2D eigenvalue weighted by Gasteiger charge is -2.01. The molecule has 2 rings (SSSR count). The van der Waals surface area contributed by atoms with Crippen LogP contribution >= 0.6 is 22.7 Å². The third kappa shape index (κ3) is 3.61. The molecule has 0 unspecified atom stereocenters. The number of nitrogens with two attached hydrogens (primary N) is 1. The van der Waals surface area contributed by atoms with Crippen molar-refractivity contribution in [3.8, 4) is 0 Å². The van der Waals surface area contributed by atoms with Gasteiger partial charge in [0.1, 0.15) is 9.22 Å². The number of nitrogens with zero attached hydrogens (tertiary/aromatic N) is 1. The Kier molecular flexibility index (Phi) is 4.69. The molecule has 3 N–H and O–H groups in total. The van der Waals surface area contributed by atoms with E-state index in [0.717, 1.165) is 21.9 Å². The van der Waals surface area contributed by atoms with Crippen LogP contribution in [0.1, 0.15) is 22.4 Å². The Morgan fingerprint density at radius 2 is 2.26 bits per heavy atom. The smallest absolute Gasteiger partial charge is 0.250 e. The Bertz CT molecular complexity index is 646. The van der Waals surface area contributed by atoms with Crippen molar-refractivity contribution in [2.75, 3.05) is 0 Å². The van der Waals surface area contributed by atoms with Gasteiger partial charge in [0, 0.05) is 17.6 Å². The lowest BCUT2D eigenvalue weighted by atomic mass is 10.4. The molecule has 2 aromatic rings. The number of aryl methyl sites for hydroxylation is 1. The molecule has 5 nitrogen and oxygen atoms in total. The van der Waals surface area contributed by atoms with Gasteiger partial charge in [0.2, 0.25) is 10.0 Å². The molecule has 19 heavy (non-hydrogen) atoms. The second-order valence-corrected chi connectivity index (χ2v) is 7.98. The number of rotatable bonds is 6. The summed E-state index contributed by atoms with van der Waals surface area (Å²) in [5, 5.41) is 2.53. The second-order valence-electron chi connectivity index (χ2n) is 3.88. The van der Waals surface area contributed by atoms with Gasteiger partial charge in [0.15, 0.2) is 0 Å². The minimum atomic E-state index is -3.47. The molecule has 0 aliphatic heterocycles. The Morgan fingerprint density at radius 1 is 1.47 bits per heavy atom. The van der Waals surface area contributed by atoms with Gasteiger partial charge >= 0.3 is 0 Å². The first-order chi connectivity index (χ1) is 9.05. The van der Waals surface area contributed by atoms with Crippen LogP contribution in [0.3, 0.4) is 0 Å². The van der Waals surface area contributed by atoms with E-state index in [9.17, 15) is 8.42 Å². The van der Waals surface area contributed by atoms with Crippen molar-refractivity contribution in [1.82, 2.24) is 9.71 Å². The van der Waals surface area contributed by atoms with Crippen LogP contribution in [0.5, 0.6) is 0 Å². The summed E-state index contributed by atoms with van der Waals surface area (Å²) in [7, 11) is -3.47. The number of thiazole rings is 1. The van der Waals surface area contributed by atoms with Crippen LogP contribution in [0.2, 0.25) is 0 Å². The second kappa shape index (κ2) is 6.10. The van der Waals surface area contributed by atoms with Crippen molar-refractivity contribution in [2.24, 2.45) is 5.73 Å². The molecule has 104 valence electrons. The average Bonchev–Trinajstić information content (AvgIpc) is 3.05. The molecule has 0 saturated heterocycles. The van der Waals surface area contributed by atoms with E-state index in [1.165, 1.54) is 22.7 Å². The minimum Gasteiger partial charge on any atom is -0.326 e. The lowest BCUT2D eigenvalue weighted by molar-refractivity contribution is 0.583. The Balaban J connectivity index is 2.05. The summed E-state index contributed by atoms with van der Waals surface area (Å²) < 4.78 is 26.9. The molecule has 0 saturated carbocycles. The molecule has 0 radical (unpaired) electrons. The van der Waals surface area contributed by atoms with Crippen LogP contribution in [0, 0.1) is 0 Å². The molecule has 8 heteroatoms. The van der Waals surface area contributed by atoms with Crippen molar-refractivity contribution in [3.05, 3.63) is 33.1 Å². The van der Waals surface area contributed by atoms with Gasteiger partial charge in [-0.05, 0) is 23.4 Å². The first kappa shape index (κ1) is 14.6. The van der Waals surface area contributed by atoms with E-state index >= 15 is 0 Å². The highest BCUT2D eigenvalue weighted by molar-refractivity contribution is 7.91. The number of thiophene rings is 1. The fourth-order valence-corrected chi connectivity index (χ4v) is 4.57. The van der Waals surface area contributed by atoms with Crippen molar-refractivity contribution in [3.63, 3.8) is 0 Å². The molecule has 0 aliphatic rings. The number of hydrogen-bond acceptors (Lipinski definition) is 6. The highest BCUT2D eigenvalue weighted by Crippen LogP contribution is 2.20. The lowest BCUT2D eigenvalue weighted by Crippen LogP contribution is -2.22. The highest BCUT2D eigenvalue weighted by atomic mass is 32.2. The topological polar surface area (TPSA) is 85.1 Å². The van der Waals surface area contributed by atoms with E-state index in [1.54, 1.807) is 17.6 Å². The van der Waals surface area contributed by atoms with Gasteiger partial charge in [-0.2, -0.15) is 0 Å². The molecule has 0 aromatic carbocycles. The average molecular weight is 317 g/mol. The van der Waals surface area contributed by atoms with Gasteiger partial charge in [0.05, 0.1) is 6.54 Å². The van der Waals surface area contributed by atoms with Crippen molar-refractivity contribution < 1.29 is 8.42 Å². The van der Waals surface area contributed by atoms with Crippen LogP contribution in [0.4, 0.5) is 0 Å². The van der Waals surface area contributed by atoms with Gasteiger partial charge in [-0.15, -0.1) is 22.7 Å². The summed E-state index contributed by atoms with van der Waals surface area (Å²) >= 11 is 2.70. The predicted molar refractivity (Wildman–Crippen MR) is 77.7 cm³/mol. The van der Waals surface area contributed by atoms with E-state index < -0.39 is 10.0 Å². The minimum absolute atomic E-state index is 0.225. The molecular formula is C11H15N3O2S3. The van der Waals surface area contributed by atoms with Crippen LogP contribution in [0.25, 0.3) is 0 Å². The number of aromatic nitrogens is 1. The van der Waals surface area contributed by atoms with Gasteiger partial charge in [0.25, 0.3) is 0 Å².